The Hall–Kier alpha value is -8.74. The zero-order valence-corrected chi connectivity index (χ0v) is 80.8. The molecule has 2 aromatic carbocycles. The average Bonchev–Trinajstić information content (AvgIpc) is 1.14. The third-order valence-corrected chi connectivity index (χ3v) is 18.9. The summed E-state index contributed by atoms with van der Waals surface area (Å²) in [6.45, 7) is 24.4. The van der Waals surface area contributed by atoms with Crippen molar-refractivity contribution in [2.75, 3.05) is 369 Å². The van der Waals surface area contributed by atoms with Crippen LogP contribution in [0, 0.1) is 5.92 Å². The van der Waals surface area contributed by atoms with Gasteiger partial charge in [-0.1, -0.05) is 26.0 Å². The van der Waals surface area contributed by atoms with Crippen LogP contribution in [-0.4, -0.2) is 444 Å². The molecule has 4 rings (SSSR count). The number of hydrogen-bond donors (Lipinski definition) is 6. The van der Waals surface area contributed by atoms with Crippen LogP contribution in [0.5, 0.6) is 5.75 Å². The van der Waals surface area contributed by atoms with Gasteiger partial charge >= 0.3 is 23.8 Å². The molecule has 3 aromatic rings. The Labute approximate surface area is 807 Å². The Bertz CT molecular complexity index is 3710. The number of urea groups is 1. The number of fused-ring (bicyclic) bond motifs is 1. The molecule has 46 nitrogen and oxygen atoms in total. The zero-order chi connectivity index (χ0) is 99.2. The van der Waals surface area contributed by atoms with Crippen molar-refractivity contribution in [3.63, 3.8) is 0 Å². The van der Waals surface area contributed by atoms with E-state index in [-0.39, 0.29) is 113 Å². The van der Waals surface area contributed by atoms with E-state index < -0.39 is 53.6 Å². The minimum absolute atomic E-state index is 0.0404. The third kappa shape index (κ3) is 67.6. The lowest BCUT2D eigenvalue weighted by molar-refractivity contribution is -0.137. The van der Waals surface area contributed by atoms with E-state index in [0.29, 0.717) is 327 Å². The Balaban J connectivity index is 0.776. The van der Waals surface area contributed by atoms with Gasteiger partial charge in [0, 0.05) is 95.0 Å². The second-order valence-electron chi connectivity index (χ2n) is 30.3. The number of rotatable bonds is 95. The summed E-state index contributed by atoms with van der Waals surface area (Å²) >= 11 is 0. The molecule has 0 saturated carbocycles. The standard InChI is InChI=1S/C92H151N9O37/c1-75(2)87(89(108)97-80(7-5-20-95-90(93)109)88(107)96-78-13-9-76(10-14-78)74-136-91(110)99(3)23-24-100(4)92(111)137-79-15-11-77-12-18-86(106)138-81(77)73-79)98-83(103)19-25-112-27-29-114-31-33-116-35-37-118-39-41-120-43-45-122-47-49-124-51-53-126-55-57-128-59-61-130-63-65-132-67-69-134-71-72-135-70-68-133-66-64-131-62-60-129-58-56-127-54-52-125-50-48-123-46-44-121-42-40-119-38-36-117-34-32-115-30-28-113-26-21-94-82(102)8-6-22-101-84(104)16-17-85(101)105/h9-18,73,75,80,87H,5-8,19-72,74H2,1-4H3,(H,94,102)(H,96,107)(H,97,108)(H,98,103)(H3,93,95,109)/t80-,87?/m0/s1. The summed E-state index contributed by atoms with van der Waals surface area (Å²) in [5.41, 5.74) is 5.93. The van der Waals surface area contributed by atoms with E-state index in [2.05, 4.69) is 26.6 Å². The van der Waals surface area contributed by atoms with Crippen molar-refractivity contribution < 1.29 is 171 Å². The molecule has 46 heteroatoms. The maximum absolute atomic E-state index is 13.7. The molecule has 10 amide bonds. The van der Waals surface area contributed by atoms with Gasteiger partial charge < -0.3 is 170 Å². The fourth-order valence-electron chi connectivity index (χ4n) is 11.5. The van der Waals surface area contributed by atoms with Crippen LogP contribution in [0.2, 0.25) is 0 Å². The van der Waals surface area contributed by atoms with Gasteiger partial charge in [-0.05, 0) is 61.1 Å². The topological polar surface area (TPSA) is 520 Å². The van der Waals surface area contributed by atoms with Crippen LogP contribution in [-0.2, 0) is 154 Å². The predicted octanol–water partition coefficient (Wildman–Crippen LogP) is 2.11. The molecule has 0 spiro atoms. The van der Waals surface area contributed by atoms with Gasteiger partial charge in [0.05, 0.1) is 317 Å². The van der Waals surface area contributed by atoms with Gasteiger partial charge in [-0.3, -0.25) is 33.7 Å². The second kappa shape index (κ2) is 85.1. The highest BCUT2D eigenvalue weighted by Gasteiger charge is 2.30. The molecule has 2 heterocycles. The average molecular weight is 1980 g/mol. The van der Waals surface area contributed by atoms with Crippen molar-refractivity contribution in [3.05, 3.63) is 82.7 Å². The van der Waals surface area contributed by atoms with Crippen molar-refractivity contribution >= 4 is 70.3 Å². The van der Waals surface area contributed by atoms with Gasteiger partial charge in [0.2, 0.25) is 23.6 Å². The second-order valence-corrected chi connectivity index (χ2v) is 30.3. The minimum atomic E-state index is -1.08. The number of carbonyl (C=O) groups is 9. The Morgan fingerprint density at radius 2 is 0.725 bits per heavy atom. The zero-order valence-electron chi connectivity index (χ0n) is 80.8. The summed E-state index contributed by atoms with van der Waals surface area (Å²) in [4.78, 5) is 128. The van der Waals surface area contributed by atoms with Gasteiger partial charge in [-0.2, -0.15) is 0 Å². The molecule has 1 aromatic heterocycles. The fourth-order valence-corrected chi connectivity index (χ4v) is 11.5. The number of nitrogens with one attached hydrogen (secondary N) is 5. The predicted molar refractivity (Wildman–Crippen MR) is 497 cm³/mol. The van der Waals surface area contributed by atoms with Gasteiger partial charge in [0.1, 0.15) is 30.0 Å². The molecule has 1 unspecified atom stereocenters. The summed E-state index contributed by atoms with van der Waals surface area (Å²) in [5, 5.41) is 14.2. The lowest BCUT2D eigenvalue weighted by Gasteiger charge is -2.25. The highest BCUT2D eigenvalue weighted by molar-refractivity contribution is 6.12. The van der Waals surface area contributed by atoms with E-state index in [1.165, 1.54) is 48.2 Å². The van der Waals surface area contributed by atoms with Crippen molar-refractivity contribution in [2.24, 2.45) is 11.7 Å². The number of imide groups is 1. The third-order valence-electron chi connectivity index (χ3n) is 18.9. The smallest absolute Gasteiger partial charge is 0.415 e. The number of nitrogens with two attached hydrogens (primary N) is 1. The Kier molecular flexibility index (Phi) is 74.9. The molecule has 0 aliphatic carbocycles. The number of likely N-dealkylation sites (N-methyl/N-ethyl adjacent to an activating group) is 2. The molecule has 0 fully saturated rings. The number of anilines is 1. The van der Waals surface area contributed by atoms with Crippen LogP contribution in [0.15, 0.2) is 76.0 Å². The van der Waals surface area contributed by atoms with Crippen molar-refractivity contribution in [3.8, 4) is 5.75 Å². The van der Waals surface area contributed by atoms with E-state index >= 15 is 0 Å². The van der Waals surface area contributed by atoms with Crippen molar-refractivity contribution in [1.29, 1.82) is 0 Å². The lowest BCUT2D eigenvalue weighted by atomic mass is 10.0. The van der Waals surface area contributed by atoms with Gasteiger partial charge in [-0.15, -0.1) is 0 Å². The van der Waals surface area contributed by atoms with Crippen LogP contribution in [0.3, 0.4) is 0 Å². The SMILES string of the molecule is CC(C)C(NC(=O)CCOCCOCCOCCOCCOCCOCCOCCOCCOCCOCCOCCOCCOCCOCCOCCOCCOCCOCCOCCOCCOCCOCCOCCOCCNC(=O)CCCN1C(=O)C=CC1=O)C(=O)N[C@@H](CCCNC(N)=O)C(=O)Nc1ccc(COC(=O)N(C)CCN(C)C(=O)Oc2ccc3ccc(=O)oc3c2)cc1. The number of benzene rings is 2. The quantitative estimate of drug-likeness (QED) is 0.0268. The van der Waals surface area contributed by atoms with Crippen molar-refractivity contribution in [1.82, 2.24) is 36.0 Å². The number of carbonyl (C=O) groups excluding carboxylic acids is 9. The Morgan fingerprint density at radius 1 is 0.377 bits per heavy atom. The van der Waals surface area contributed by atoms with Crippen molar-refractivity contribution in [2.45, 2.75) is 64.6 Å². The van der Waals surface area contributed by atoms with E-state index in [1.807, 2.05) is 0 Å². The molecule has 0 radical (unpaired) electrons. The highest BCUT2D eigenvalue weighted by atomic mass is 16.6. The molecule has 7 N–H and O–H groups in total. The highest BCUT2D eigenvalue weighted by Crippen LogP contribution is 2.21. The number of primary amides is 1. The lowest BCUT2D eigenvalue weighted by Crippen LogP contribution is -2.54. The normalized spacial score (nSPS) is 12.4. The van der Waals surface area contributed by atoms with E-state index in [9.17, 15) is 47.9 Å². The van der Waals surface area contributed by atoms with Crippen LogP contribution >= 0.6 is 0 Å². The first kappa shape index (κ1) is 122. The van der Waals surface area contributed by atoms with Crippen LogP contribution < -0.4 is 42.7 Å². The first-order chi connectivity index (χ1) is 67.4. The Morgan fingerprint density at radius 3 is 1.09 bits per heavy atom. The number of hydrogen-bond acceptors (Lipinski definition) is 37. The monoisotopic (exact) mass is 1970 g/mol. The van der Waals surface area contributed by atoms with Crippen LogP contribution in [0.25, 0.3) is 11.0 Å². The molecule has 1 aliphatic rings. The summed E-state index contributed by atoms with van der Waals surface area (Å²) in [7, 11) is 3.01. The van der Waals surface area contributed by atoms with Gasteiger partial charge in [0.25, 0.3) is 11.8 Å². The molecule has 1 aliphatic heterocycles. The molecular formula is C92H151N9O37. The maximum atomic E-state index is 13.7. The maximum Gasteiger partial charge on any atom is 0.415 e. The van der Waals surface area contributed by atoms with E-state index in [1.54, 1.807) is 56.3 Å². The summed E-state index contributed by atoms with van der Waals surface area (Å²) in [6, 6.07) is 11.2. The van der Waals surface area contributed by atoms with Gasteiger partial charge in [-0.25, -0.2) is 19.2 Å². The van der Waals surface area contributed by atoms with E-state index in [4.69, 9.17) is 133 Å². The molecule has 138 heavy (non-hydrogen) atoms. The largest absolute Gasteiger partial charge is 0.445 e. The van der Waals surface area contributed by atoms with Gasteiger partial charge in [0.15, 0.2) is 0 Å². The number of ether oxygens (including phenoxy) is 26. The first-order valence-corrected chi connectivity index (χ1v) is 46.9. The molecular weight excluding hydrogens is 1820 g/mol. The summed E-state index contributed by atoms with van der Waals surface area (Å²) < 4.78 is 149. The molecule has 2 atom stereocenters. The first-order valence-electron chi connectivity index (χ1n) is 46.9. The molecule has 0 bridgehead atoms. The minimum Gasteiger partial charge on any atom is -0.445 e. The summed E-state index contributed by atoms with van der Waals surface area (Å²) in [6.07, 6.45) is 2.06. The molecule has 0 saturated heterocycles. The molecule has 786 valence electrons. The summed E-state index contributed by atoms with van der Waals surface area (Å²) in [5.74, 6) is -2.64. The number of amides is 10. The van der Waals surface area contributed by atoms with Crippen LogP contribution in [0.1, 0.15) is 51.5 Å². The number of nitrogens with zero attached hydrogens (tertiary/aromatic N) is 3. The van der Waals surface area contributed by atoms with Crippen LogP contribution in [0.4, 0.5) is 20.1 Å². The fraction of sp³-hybridized carbons (Fsp3) is 0.717. The van der Waals surface area contributed by atoms with E-state index in [0.717, 1.165) is 4.90 Å².